The second-order valence-corrected chi connectivity index (χ2v) is 5.34. The monoisotopic (exact) mass is 277 g/mol. The molecule has 0 radical (unpaired) electrons. The Morgan fingerprint density at radius 3 is 2.30 bits per heavy atom. The summed E-state index contributed by atoms with van der Waals surface area (Å²) in [6, 6.07) is 9.97. The molecule has 0 fully saturated rings. The fourth-order valence-corrected chi connectivity index (χ4v) is 2.22. The third-order valence-corrected chi connectivity index (χ3v) is 3.51. The molecule has 4 nitrogen and oxygen atoms in total. The van der Waals surface area contributed by atoms with Gasteiger partial charge in [0, 0.05) is 13.0 Å². The number of nitrogens with zero attached hydrogens (tertiary/aromatic N) is 1. The third-order valence-electron chi connectivity index (χ3n) is 3.51. The average Bonchev–Trinajstić information content (AvgIpc) is 2.40. The van der Waals surface area contributed by atoms with Crippen LogP contribution in [0.3, 0.4) is 0 Å². The van der Waals surface area contributed by atoms with Crippen LogP contribution in [-0.2, 0) is 16.0 Å². The van der Waals surface area contributed by atoms with Crippen molar-refractivity contribution < 1.29 is 14.7 Å². The van der Waals surface area contributed by atoms with Crippen molar-refractivity contribution in [3.8, 4) is 0 Å². The quantitative estimate of drug-likeness (QED) is 0.833. The van der Waals surface area contributed by atoms with E-state index in [0.717, 1.165) is 12.8 Å². The zero-order valence-electron chi connectivity index (χ0n) is 12.4. The van der Waals surface area contributed by atoms with Crippen LogP contribution in [0.15, 0.2) is 30.3 Å². The predicted octanol–water partition coefficient (Wildman–Crippen LogP) is 2.72. The number of carbonyl (C=O) groups excluding carboxylic acids is 1. The first-order chi connectivity index (χ1) is 9.39. The lowest BCUT2D eigenvalue weighted by atomic mass is 10.0. The normalized spacial score (nSPS) is 11.2. The SMILES string of the molecule is CCN(C(=O)CCCc1ccccc1)C(C)(C)C(=O)O. The molecule has 0 aromatic heterocycles. The van der Waals surface area contributed by atoms with Crippen LogP contribution in [-0.4, -0.2) is 34.0 Å². The Morgan fingerprint density at radius 2 is 1.80 bits per heavy atom. The van der Waals surface area contributed by atoms with Crippen molar-refractivity contribution >= 4 is 11.9 Å². The highest BCUT2D eigenvalue weighted by atomic mass is 16.4. The van der Waals surface area contributed by atoms with Crippen LogP contribution in [0.25, 0.3) is 0 Å². The Morgan fingerprint density at radius 1 is 1.20 bits per heavy atom. The summed E-state index contributed by atoms with van der Waals surface area (Å²) in [5.74, 6) is -1.08. The Labute approximate surface area is 120 Å². The number of hydrogen-bond acceptors (Lipinski definition) is 2. The molecule has 0 atom stereocenters. The maximum absolute atomic E-state index is 12.2. The highest BCUT2D eigenvalue weighted by Gasteiger charge is 2.36. The Kier molecular flexibility index (Phi) is 5.74. The molecule has 0 aliphatic rings. The smallest absolute Gasteiger partial charge is 0.329 e. The van der Waals surface area contributed by atoms with Gasteiger partial charge in [0.1, 0.15) is 5.54 Å². The van der Waals surface area contributed by atoms with E-state index < -0.39 is 11.5 Å². The fourth-order valence-electron chi connectivity index (χ4n) is 2.22. The predicted molar refractivity (Wildman–Crippen MR) is 78.5 cm³/mol. The lowest BCUT2D eigenvalue weighted by Crippen LogP contribution is -2.52. The van der Waals surface area contributed by atoms with Gasteiger partial charge in [-0.1, -0.05) is 30.3 Å². The lowest BCUT2D eigenvalue weighted by molar-refractivity contribution is -0.156. The summed E-state index contributed by atoms with van der Waals surface area (Å²) >= 11 is 0. The molecule has 0 bridgehead atoms. The van der Waals surface area contributed by atoms with E-state index in [-0.39, 0.29) is 5.91 Å². The minimum absolute atomic E-state index is 0.101. The molecule has 0 heterocycles. The van der Waals surface area contributed by atoms with Crippen molar-refractivity contribution in [2.45, 2.75) is 45.6 Å². The van der Waals surface area contributed by atoms with Gasteiger partial charge in [-0.3, -0.25) is 4.79 Å². The van der Waals surface area contributed by atoms with Crippen LogP contribution >= 0.6 is 0 Å². The Hall–Kier alpha value is -1.84. The van der Waals surface area contributed by atoms with Gasteiger partial charge in [-0.2, -0.15) is 0 Å². The van der Waals surface area contributed by atoms with Crippen molar-refractivity contribution in [3.63, 3.8) is 0 Å². The topological polar surface area (TPSA) is 57.6 Å². The molecule has 0 saturated carbocycles. The van der Waals surface area contributed by atoms with E-state index in [0.29, 0.717) is 13.0 Å². The molecule has 1 aromatic rings. The highest BCUT2D eigenvalue weighted by molar-refractivity contribution is 5.86. The molecule has 0 aliphatic heterocycles. The molecule has 1 N–H and O–H groups in total. The van der Waals surface area contributed by atoms with Gasteiger partial charge >= 0.3 is 5.97 Å². The number of amides is 1. The summed E-state index contributed by atoms with van der Waals surface area (Å²) in [6.07, 6.45) is 1.94. The number of aliphatic carboxylic acids is 1. The molecule has 0 spiro atoms. The van der Waals surface area contributed by atoms with Gasteiger partial charge in [0.15, 0.2) is 0 Å². The minimum atomic E-state index is -1.15. The van der Waals surface area contributed by atoms with E-state index in [9.17, 15) is 14.7 Å². The van der Waals surface area contributed by atoms with Crippen molar-refractivity contribution in [1.29, 1.82) is 0 Å². The number of benzene rings is 1. The van der Waals surface area contributed by atoms with Crippen LogP contribution in [0.4, 0.5) is 0 Å². The summed E-state index contributed by atoms with van der Waals surface area (Å²) in [4.78, 5) is 24.8. The number of rotatable bonds is 7. The van der Waals surface area contributed by atoms with Crippen molar-refractivity contribution in [2.24, 2.45) is 0 Å². The average molecular weight is 277 g/mol. The minimum Gasteiger partial charge on any atom is -0.480 e. The molecule has 1 rings (SSSR count). The highest BCUT2D eigenvalue weighted by Crippen LogP contribution is 2.17. The number of aryl methyl sites for hydroxylation is 1. The van der Waals surface area contributed by atoms with Crippen LogP contribution in [0.5, 0.6) is 0 Å². The number of likely N-dealkylation sites (N-methyl/N-ethyl adjacent to an activating group) is 1. The summed E-state index contributed by atoms with van der Waals surface area (Å²) in [5.41, 5.74) is 0.0410. The largest absolute Gasteiger partial charge is 0.480 e. The van der Waals surface area contributed by atoms with E-state index in [1.54, 1.807) is 20.8 Å². The molecule has 110 valence electrons. The molecular formula is C16H23NO3. The van der Waals surface area contributed by atoms with Crippen LogP contribution in [0, 0.1) is 0 Å². The van der Waals surface area contributed by atoms with Crippen LogP contribution in [0.2, 0.25) is 0 Å². The summed E-state index contributed by atoms with van der Waals surface area (Å²) in [5, 5.41) is 9.20. The summed E-state index contributed by atoms with van der Waals surface area (Å²) < 4.78 is 0. The number of carboxylic acids is 1. The summed E-state index contributed by atoms with van der Waals surface area (Å²) in [6.45, 7) is 5.34. The van der Waals surface area contributed by atoms with E-state index in [4.69, 9.17) is 0 Å². The van der Waals surface area contributed by atoms with Crippen molar-refractivity contribution in [3.05, 3.63) is 35.9 Å². The van der Waals surface area contributed by atoms with Gasteiger partial charge in [0.25, 0.3) is 0 Å². The second kappa shape index (κ2) is 7.08. The molecule has 1 aromatic carbocycles. The summed E-state index contributed by atoms with van der Waals surface area (Å²) in [7, 11) is 0. The number of hydrogen-bond donors (Lipinski definition) is 1. The van der Waals surface area contributed by atoms with Gasteiger partial charge in [0.2, 0.25) is 5.91 Å². The maximum Gasteiger partial charge on any atom is 0.329 e. The van der Waals surface area contributed by atoms with E-state index >= 15 is 0 Å². The van der Waals surface area contributed by atoms with Crippen LogP contribution in [0.1, 0.15) is 39.2 Å². The second-order valence-electron chi connectivity index (χ2n) is 5.34. The fraction of sp³-hybridized carbons (Fsp3) is 0.500. The number of carboxylic acid groups (broad SMARTS) is 1. The molecule has 4 heteroatoms. The van der Waals surface area contributed by atoms with Gasteiger partial charge in [-0.25, -0.2) is 4.79 Å². The molecule has 0 unspecified atom stereocenters. The van der Waals surface area contributed by atoms with E-state index in [2.05, 4.69) is 0 Å². The van der Waals surface area contributed by atoms with Crippen LogP contribution < -0.4 is 0 Å². The molecule has 0 aliphatic carbocycles. The van der Waals surface area contributed by atoms with Gasteiger partial charge in [-0.05, 0) is 39.2 Å². The molecule has 20 heavy (non-hydrogen) atoms. The van der Waals surface area contributed by atoms with Gasteiger partial charge in [-0.15, -0.1) is 0 Å². The molecule has 1 amide bonds. The third kappa shape index (κ3) is 4.08. The Bertz CT molecular complexity index is 454. The zero-order valence-corrected chi connectivity index (χ0v) is 12.4. The van der Waals surface area contributed by atoms with E-state index in [1.165, 1.54) is 10.5 Å². The molecular weight excluding hydrogens is 254 g/mol. The maximum atomic E-state index is 12.2. The standard InChI is InChI=1S/C16H23NO3/c1-4-17(16(2,3)15(19)20)14(18)12-8-11-13-9-6-5-7-10-13/h5-7,9-10H,4,8,11-12H2,1-3H3,(H,19,20). The zero-order chi connectivity index (χ0) is 15.2. The van der Waals surface area contributed by atoms with Gasteiger partial charge < -0.3 is 10.0 Å². The first-order valence-corrected chi connectivity index (χ1v) is 6.97. The van der Waals surface area contributed by atoms with Gasteiger partial charge in [0.05, 0.1) is 0 Å². The van der Waals surface area contributed by atoms with E-state index in [1.807, 2.05) is 30.3 Å². The van der Waals surface area contributed by atoms with Crippen molar-refractivity contribution in [2.75, 3.05) is 6.54 Å². The van der Waals surface area contributed by atoms with Crippen molar-refractivity contribution in [1.82, 2.24) is 4.90 Å². The Balaban J connectivity index is 2.54. The number of carbonyl (C=O) groups is 2. The first kappa shape index (κ1) is 16.2. The lowest BCUT2D eigenvalue weighted by Gasteiger charge is -2.34. The first-order valence-electron chi connectivity index (χ1n) is 6.97. The molecule has 0 saturated heterocycles.